The van der Waals surface area contributed by atoms with Crippen LogP contribution in [0.2, 0.25) is 0 Å². The average Bonchev–Trinajstić information content (AvgIpc) is 2.20. The Morgan fingerprint density at radius 2 is 2.07 bits per heavy atom. The summed E-state index contributed by atoms with van der Waals surface area (Å²) in [6.07, 6.45) is -1.98. The number of aliphatic carboxylic acids is 1. The number of rotatable bonds is 2. The Balaban J connectivity index is 3.30. The molecule has 0 amide bonds. The molecule has 15 heavy (non-hydrogen) atoms. The van der Waals surface area contributed by atoms with Gasteiger partial charge >= 0.3 is 5.97 Å². The van der Waals surface area contributed by atoms with Gasteiger partial charge in [0.05, 0.1) is 5.56 Å². The lowest BCUT2D eigenvalue weighted by atomic mass is 10.1. The second-order valence-corrected chi connectivity index (χ2v) is 2.72. The van der Waals surface area contributed by atoms with Crippen molar-refractivity contribution in [2.45, 2.75) is 6.10 Å². The number of carbonyl (C=O) groups is 1. The van der Waals surface area contributed by atoms with Crippen LogP contribution in [0.15, 0.2) is 12.1 Å². The molecule has 1 unspecified atom stereocenters. The molecule has 78 valence electrons. The molecule has 0 aliphatic rings. The third-order valence-electron chi connectivity index (χ3n) is 1.72. The summed E-state index contributed by atoms with van der Waals surface area (Å²) in [5.74, 6) is -4.34. The number of benzene rings is 1. The predicted octanol–water partition coefficient (Wildman–Crippen LogP) is 0.954. The molecule has 0 aliphatic heterocycles. The summed E-state index contributed by atoms with van der Waals surface area (Å²) in [5.41, 5.74) is -1.02. The minimum atomic E-state index is -1.98. The molecule has 1 aromatic rings. The summed E-state index contributed by atoms with van der Waals surface area (Å²) in [7, 11) is 0. The fourth-order valence-corrected chi connectivity index (χ4v) is 0.992. The largest absolute Gasteiger partial charge is 0.479 e. The molecule has 4 nitrogen and oxygen atoms in total. The van der Waals surface area contributed by atoms with Gasteiger partial charge in [-0.3, -0.25) is 0 Å². The molecule has 0 heterocycles. The van der Waals surface area contributed by atoms with Gasteiger partial charge in [-0.15, -0.1) is 0 Å². The second kappa shape index (κ2) is 4.02. The molecule has 0 spiro atoms. The Morgan fingerprint density at radius 1 is 1.47 bits per heavy atom. The highest BCUT2D eigenvalue weighted by molar-refractivity contribution is 5.74. The van der Waals surface area contributed by atoms with Crippen LogP contribution in [0.4, 0.5) is 8.78 Å². The molecule has 0 fully saturated rings. The van der Waals surface area contributed by atoms with E-state index in [0.29, 0.717) is 6.07 Å². The number of hydrogen-bond donors (Lipinski definition) is 2. The van der Waals surface area contributed by atoms with E-state index in [2.05, 4.69) is 0 Å². The van der Waals surface area contributed by atoms with E-state index in [9.17, 15) is 13.6 Å². The average molecular weight is 213 g/mol. The Kier molecular flexibility index (Phi) is 2.97. The summed E-state index contributed by atoms with van der Waals surface area (Å²) < 4.78 is 25.6. The van der Waals surface area contributed by atoms with Gasteiger partial charge in [-0.2, -0.15) is 5.26 Å². The van der Waals surface area contributed by atoms with Crippen LogP contribution in [-0.4, -0.2) is 16.2 Å². The molecule has 0 saturated carbocycles. The van der Waals surface area contributed by atoms with Gasteiger partial charge in [0.1, 0.15) is 6.07 Å². The highest BCUT2D eigenvalue weighted by Gasteiger charge is 2.20. The topological polar surface area (TPSA) is 81.3 Å². The molecule has 0 radical (unpaired) electrons. The lowest BCUT2D eigenvalue weighted by Gasteiger charge is -2.06. The van der Waals surface area contributed by atoms with Crippen LogP contribution in [0.25, 0.3) is 0 Å². The first-order valence-electron chi connectivity index (χ1n) is 3.77. The predicted molar refractivity (Wildman–Crippen MR) is 43.7 cm³/mol. The number of aliphatic hydroxyl groups is 1. The normalized spacial score (nSPS) is 11.9. The first-order chi connectivity index (χ1) is 6.97. The maximum atomic E-state index is 12.8. The van der Waals surface area contributed by atoms with E-state index in [0.717, 1.165) is 6.07 Å². The number of halogens is 2. The second-order valence-electron chi connectivity index (χ2n) is 2.72. The zero-order valence-electron chi connectivity index (χ0n) is 7.24. The number of nitrogens with zero attached hydrogens (tertiary/aromatic N) is 1. The van der Waals surface area contributed by atoms with Crippen molar-refractivity contribution in [1.29, 1.82) is 5.26 Å². The third kappa shape index (κ3) is 2.08. The van der Waals surface area contributed by atoms with Crippen molar-refractivity contribution >= 4 is 5.97 Å². The molecule has 0 saturated heterocycles. The van der Waals surface area contributed by atoms with Gasteiger partial charge in [-0.25, -0.2) is 13.6 Å². The van der Waals surface area contributed by atoms with Crippen molar-refractivity contribution in [3.05, 3.63) is 34.9 Å². The highest BCUT2D eigenvalue weighted by atomic mass is 19.2. The molecule has 6 heteroatoms. The number of hydrogen-bond acceptors (Lipinski definition) is 3. The van der Waals surface area contributed by atoms with Gasteiger partial charge in [0.15, 0.2) is 17.7 Å². The molecule has 1 atom stereocenters. The molecule has 2 N–H and O–H groups in total. The highest BCUT2D eigenvalue weighted by Crippen LogP contribution is 2.19. The molecule has 1 aromatic carbocycles. The monoisotopic (exact) mass is 213 g/mol. The minimum absolute atomic E-state index is 0.377. The maximum absolute atomic E-state index is 12.8. The summed E-state index contributed by atoms with van der Waals surface area (Å²) >= 11 is 0. The van der Waals surface area contributed by atoms with Gasteiger partial charge in [-0.1, -0.05) is 0 Å². The lowest BCUT2D eigenvalue weighted by Crippen LogP contribution is -2.11. The summed E-state index contributed by atoms with van der Waals surface area (Å²) in [6.45, 7) is 0. The van der Waals surface area contributed by atoms with E-state index in [-0.39, 0.29) is 5.56 Å². The van der Waals surface area contributed by atoms with E-state index in [1.807, 2.05) is 0 Å². The lowest BCUT2D eigenvalue weighted by molar-refractivity contribution is -0.146. The van der Waals surface area contributed by atoms with Crippen molar-refractivity contribution in [3.8, 4) is 6.07 Å². The first kappa shape index (κ1) is 11.1. The van der Waals surface area contributed by atoms with Gasteiger partial charge in [0.2, 0.25) is 0 Å². The Bertz CT molecular complexity index is 453. The van der Waals surface area contributed by atoms with Crippen LogP contribution in [0.3, 0.4) is 0 Å². The molecule has 0 bridgehead atoms. The maximum Gasteiger partial charge on any atom is 0.337 e. The van der Waals surface area contributed by atoms with Crippen molar-refractivity contribution in [3.63, 3.8) is 0 Å². The summed E-state index contributed by atoms with van der Waals surface area (Å²) in [6, 6.07) is 2.68. The van der Waals surface area contributed by atoms with Gasteiger partial charge in [-0.05, 0) is 17.7 Å². The standard InChI is InChI=1S/C9H5F2NO3/c10-6-2-4(8(13)9(14)15)1-5(3-12)7(6)11/h1-2,8,13H,(H,14,15). The van der Waals surface area contributed by atoms with Crippen LogP contribution in [0, 0.1) is 23.0 Å². The molecule has 0 aromatic heterocycles. The van der Waals surface area contributed by atoms with Crippen LogP contribution in [0.5, 0.6) is 0 Å². The van der Waals surface area contributed by atoms with E-state index in [1.165, 1.54) is 6.07 Å². The fourth-order valence-electron chi connectivity index (χ4n) is 0.992. The van der Waals surface area contributed by atoms with E-state index in [1.54, 1.807) is 0 Å². The van der Waals surface area contributed by atoms with Crippen LogP contribution in [-0.2, 0) is 4.79 Å². The fraction of sp³-hybridized carbons (Fsp3) is 0.111. The number of nitriles is 1. The summed E-state index contributed by atoms with van der Waals surface area (Å²) in [4.78, 5) is 10.3. The molecular weight excluding hydrogens is 208 g/mol. The Morgan fingerprint density at radius 3 is 2.53 bits per heavy atom. The quantitative estimate of drug-likeness (QED) is 0.766. The molecular formula is C9H5F2NO3. The summed E-state index contributed by atoms with van der Waals surface area (Å²) in [5, 5.41) is 25.8. The van der Waals surface area contributed by atoms with Crippen LogP contribution >= 0.6 is 0 Å². The smallest absolute Gasteiger partial charge is 0.337 e. The van der Waals surface area contributed by atoms with Crippen LogP contribution in [0.1, 0.15) is 17.2 Å². The zero-order chi connectivity index (χ0) is 11.6. The molecule has 0 aliphatic carbocycles. The first-order valence-corrected chi connectivity index (χ1v) is 3.77. The van der Waals surface area contributed by atoms with Crippen molar-refractivity contribution < 1.29 is 23.8 Å². The Labute approximate surface area is 83.0 Å². The number of carboxylic acids is 1. The minimum Gasteiger partial charge on any atom is -0.479 e. The third-order valence-corrected chi connectivity index (χ3v) is 1.72. The van der Waals surface area contributed by atoms with E-state index >= 15 is 0 Å². The Hall–Kier alpha value is -2.00. The number of carboxylic acid groups (broad SMARTS) is 1. The van der Waals surface area contributed by atoms with E-state index in [4.69, 9.17) is 15.5 Å². The van der Waals surface area contributed by atoms with Crippen molar-refractivity contribution in [1.82, 2.24) is 0 Å². The SMILES string of the molecule is N#Cc1cc(C(O)C(=O)O)cc(F)c1F. The van der Waals surface area contributed by atoms with Gasteiger partial charge in [0.25, 0.3) is 0 Å². The van der Waals surface area contributed by atoms with E-state index < -0.39 is 29.3 Å². The van der Waals surface area contributed by atoms with Crippen molar-refractivity contribution in [2.75, 3.05) is 0 Å². The van der Waals surface area contributed by atoms with Gasteiger partial charge in [0, 0.05) is 0 Å². The zero-order valence-corrected chi connectivity index (χ0v) is 7.24. The van der Waals surface area contributed by atoms with Crippen LogP contribution < -0.4 is 0 Å². The van der Waals surface area contributed by atoms with Gasteiger partial charge < -0.3 is 10.2 Å². The number of aliphatic hydroxyl groups excluding tert-OH is 1. The molecule has 1 rings (SSSR count). The van der Waals surface area contributed by atoms with Crippen molar-refractivity contribution in [2.24, 2.45) is 0 Å².